The number of H-pyrrole nitrogens is 1. The fourth-order valence-electron chi connectivity index (χ4n) is 1.77. The van der Waals surface area contributed by atoms with Crippen LogP contribution in [0.25, 0.3) is 0 Å². The van der Waals surface area contributed by atoms with E-state index in [-0.39, 0.29) is 11.8 Å². The van der Waals surface area contributed by atoms with Crippen molar-refractivity contribution < 1.29 is 4.79 Å². The molecule has 1 saturated heterocycles. The van der Waals surface area contributed by atoms with Crippen LogP contribution in [-0.2, 0) is 0 Å². The average molecular weight is 193 g/mol. The molecule has 1 atom stereocenters. The Kier molecular flexibility index (Phi) is 2.65. The highest BCUT2D eigenvalue weighted by molar-refractivity contribution is 6.00. The molecule has 2 rings (SSSR count). The van der Waals surface area contributed by atoms with Crippen LogP contribution < -0.4 is 5.32 Å². The highest BCUT2D eigenvalue weighted by Gasteiger charge is 2.26. The highest BCUT2D eigenvalue weighted by atomic mass is 16.1. The monoisotopic (exact) mass is 193 g/mol. The number of likely N-dealkylation sites (N-methyl/N-ethyl adjacent to an activating group) is 1. The Morgan fingerprint density at radius 3 is 3.14 bits per heavy atom. The number of Topliss-reactive ketones (excluding diaryl/α,β-unsaturated/α-hetero) is 1. The van der Waals surface area contributed by atoms with Crippen LogP contribution in [0.3, 0.4) is 0 Å². The molecule has 0 amide bonds. The van der Waals surface area contributed by atoms with E-state index < -0.39 is 0 Å². The first-order chi connectivity index (χ1) is 6.79. The summed E-state index contributed by atoms with van der Waals surface area (Å²) >= 11 is 0. The van der Waals surface area contributed by atoms with Crippen molar-refractivity contribution in [1.29, 1.82) is 0 Å². The Labute approximate surface area is 83.3 Å². The Morgan fingerprint density at radius 1 is 1.64 bits per heavy atom. The standard InChI is InChI=1S/C10H15N3O/c1-13-5-4-12-7-9(13)10(14)8-2-3-11-6-8/h2-3,6,9,11-12H,4-5,7H2,1H3. The highest BCUT2D eigenvalue weighted by Crippen LogP contribution is 2.08. The summed E-state index contributed by atoms with van der Waals surface area (Å²) < 4.78 is 0. The first kappa shape index (κ1) is 9.43. The summed E-state index contributed by atoms with van der Waals surface area (Å²) in [6.07, 6.45) is 3.54. The summed E-state index contributed by atoms with van der Waals surface area (Å²) in [5, 5.41) is 3.24. The maximum absolute atomic E-state index is 12.0. The lowest BCUT2D eigenvalue weighted by Gasteiger charge is -2.31. The lowest BCUT2D eigenvalue weighted by molar-refractivity contribution is 0.0819. The zero-order chi connectivity index (χ0) is 9.97. The van der Waals surface area contributed by atoms with E-state index in [1.807, 2.05) is 13.1 Å². The van der Waals surface area contributed by atoms with Gasteiger partial charge in [-0.2, -0.15) is 0 Å². The van der Waals surface area contributed by atoms with Gasteiger partial charge in [-0.25, -0.2) is 0 Å². The van der Waals surface area contributed by atoms with Gasteiger partial charge in [0.2, 0.25) is 0 Å². The molecule has 0 bridgehead atoms. The summed E-state index contributed by atoms with van der Waals surface area (Å²) in [5.74, 6) is 0.195. The van der Waals surface area contributed by atoms with Crippen molar-refractivity contribution in [1.82, 2.24) is 15.2 Å². The van der Waals surface area contributed by atoms with E-state index in [1.54, 1.807) is 12.4 Å². The minimum Gasteiger partial charge on any atom is -0.367 e. The van der Waals surface area contributed by atoms with Gasteiger partial charge in [-0.3, -0.25) is 9.69 Å². The molecule has 4 heteroatoms. The molecule has 1 aromatic heterocycles. The largest absolute Gasteiger partial charge is 0.367 e. The summed E-state index contributed by atoms with van der Waals surface area (Å²) in [5.41, 5.74) is 0.769. The van der Waals surface area contributed by atoms with Crippen LogP contribution in [0.4, 0.5) is 0 Å². The lowest BCUT2D eigenvalue weighted by atomic mass is 10.0. The van der Waals surface area contributed by atoms with Crippen molar-refractivity contribution >= 4 is 5.78 Å². The second kappa shape index (κ2) is 3.94. The second-order valence-electron chi connectivity index (χ2n) is 3.66. The first-order valence-corrected chi connectivity index (χ1v) is 4.87. The number of nitrogens with zero attached hydrogens (tertiary/aromatic N) is 1. The molecule has 0 spiro atoms. The number of rotatable bonds is 2. The van der Waals surface area contributed by atoms with E-state index in [0.29, 0.717) is 0 Å². The van der Waals surface area contributed by atoms with Gasteiger partial charge in [0.15, 0.2) is 5.78 Å². The normalized spacial score (nSPS) is 23.6. The van der Waals surface area contributed by atoms with Crippen LogP contribution in [0.15, 0.2) is 18.5 Å². The van der Waals surface area contributed by atoms with Crippen molar-refractivity contribution in [2.45, 2.75) is 6.04 Å². The number of hydrogen-bond donors (Lipinski definition) is 2. The van der Waals surface area contributed by atoms with E-state index in [4.69, 9.17) is 0 Å². The molecule has 0 saturated carbocycles. The zero-order valence-electron chi connectivity index (χ0n) is 8.29. The molecule has 0 aromatic carbocycles. The third-order valence-electron chi connectivity index (χ3n) is 2.70. The number of hydrogen-bond acceptors (Lipinski definition) is 3. The summed E-state index contributed by atoms with van der Waals surface area (Å²) in [6, 6.07) is 1.81. The summed E-state index contributed by atoms with van der Waals surface area (Å²) in [7, 11) is 2.00. The second-order valence-corrected chi connectivity index (χ2v) is 3.66. The van der Waals surface area contributed by atoms with Crippen molar-refractivity contribution in [3.05, 3.63) is 24.0 Å². The average Bonchev–Trinajstić information content (AvgIpc) is 2.70. The number of aromatic amines is 1. The van der Waals surface area contributed by atoms with Gasteiger partial charge in [0, 0.05) is 37.6 Å². The fourth-order valence-corrected chi connectivity index (χ4v) is 1.77. The van der Waals surface area contributed by atoms with Crippen molar-refractivity contribution in [3.8, 4) is 0 Å². The summed E-state index contributed by atoms with van der Waals surface area (Å²) in [4.78, 5) is 17.0. The van der Waals surface area contributed by atoms with Crippen molar-refractivity contribution in [2.24, 2.45) is 0 Å². The molecular formula is C10H15N3O. The molecule has 0 aliphatic carbocycles. The summed E-state index contributed by atoms with van der Waals surface area (Å²) in [6.45, 7) is 2.65. The molecule has 1 aromatic rings. The van der Waals surface area contributed by atoms with E-state index in [9.17, 15) is 4.79 Å². The number of carbonyl (C=O) groups excluding carboxylic acids is 1. The van der Waals surface area contributed by atoms with Crippen LogP contribution in [-0.4, -0.2) is 48.4 Å². The topological polar surface area (TPSA) is 48.1 Å². The zero-order valence-corrected chi connectivity index (χ0v) is 8.29. The van der Waals surface area contributed by atoms with Gasteiger partial charge < -0.3 is 10.3 Å². The predicted octanol–water partition coefficient (Wildman–Crippen LogP) is 0.101. The molecule has 1 aliphatic rings. The number of carbonyl (C=O) groups is 1. The van der Waals surface area contributed by atoms with Gasteiger partial charge in [-0.05, 0) is 13.1 Å². The molecule has 14 heavy (non-hydrogen) atoms. The number of aromatic nitrogens is 1. The van der Waals surface area contributed by atoms with Crippen LogP contribution in [0.1, 0.15) is 10.4 Å². The van der Waals surface area contributed by atoms with Crippen molar-refractivity contribution in [2.75, 3.05) is 26.7 Å². The molecule has 2 N–H and O–H groups in total. The van der Waals surface area contributed by atoms with Crippen LogP contribution >= 0.6 is 0 Å². The molecule has 76 valence electrons. The van der Waals surface area contributed by atoms with Crippen LogP contribution in [0, 0.1) is 0 Å². The lowest BCUT2D eigenvalue weighted by Crippen LogP contribution is -2.53. The third kappa shape index (κ3) is 1.71. The molecule has 4 nitrogen and oxygen atoms in total. The molecule has 1 aliphatic heterocycles. The van der Waals surface area contributed by atoms with Crippen molar-refractivity contribution in [3.63, 3.8) is 0 Å². The minimum absolute atomic E-state index is 0.0143. The third-order valence-corrected chi connectivity index (χ3v) is 2.70. The van der Waals surface area contributed by atoms with E-state index >= 15 is 0 Å². The Morgan fingerprint density at radius 2 is 2.50 bits per heavy atom. The fraction of sp³-hybridized carbons (Fsp3) is 0.500. The molecule has 0 radical (unpaired) electrons. The quantitative estimate of drug-likeness (QED) is 0.655. The van der Waals surface area contributed by atoms with Gasteiger partial charge in [0.05, 0.1) is 6.04 Å². The van der Waals surface area contributed by atoms with E-state index in [2.05, 4.69) is 15.2 Å². The SMILES string of the molecule is CN1CCNCC1C(=O)c1cc[nH]c1. The number of ketones is 1. The predicted molar refractivity (Wildman–Crippen MR) is 54.4 cm³/mol. The Hall–Kier alpha value is -1.13. The minimum atomic E-state index is -0.0143. The first-order valence-electron chi connectivity index (χ1n) is 4.87. The Bertz CT molecular complexity index is 307. The van der Waals surface area contributed by atoms with Gasteiger partial charge in [-0.1, -0.05) is 0 Å². The van der Waals surface area contributed by atoms with E-state index in [0.717, 1.165) is 25.2 Å². The van der Waals surface area contributed by atoms with Crippen LogP contribution in [0.5, 0.6) is 0 Å². The van der Waals surface area contributed by atoms with Crippen LogP contribution in [0.2, 0.25) is 0 Å². The smallest absolute Gasteiger partial charge is 0.182 e. The maximum atomic E-state index is 12.0. The van der Waals surface area contributed by atoms with Gasteiger partial charge in [0.25, 0.3) is 0 Å². The van der Waals surface area contributed by atoms with E-state index in [1.165, 1.54) is 0 Å². The molecule has 2 heterocycles. The number of piperazine rings is 1. The maximum Gasteiger partial charge on any atom is 0.182 e. The van der Waals surface area contributed by atoms with Gasteiger partial charge in [0.1, 0.15) is 0 Å². The molecule has 1 fully saturated rings. The molecular weight excluding hydrogens is 178 g/mol. The van der Waals surface area contributed by atoms with Gasteiger partial charge in [-0.15, -0.1) is 0 Å². The number of nitrogens with one attached hydrogen (secondary N) is 2. The Balaban J connectivity index is 2.10. The molecule has 1 unspecified atom stereocenters. The van der Waals surface area contributed by atoms with Gasteiger partial charge >= 0.3 is 0 Å².